The predicted octanol–water partition coefficient (Wildman–Crippen LogP) is 9.96. The summed E-state index contributed by atoms with van der Waals surface area (Å²) in [6, 6.07) is -2.62. The summed E-state index contributed by atoms with van der Waals surface area (Å²) >= 11 is 0. The quantitative estimate of drug-likeness (QED) is 0.0199. The molecule has 23 heteroatoms. The molecule has 0 aromatic rings. The van der Waals surface area contributed by atoms with Crippen LogP contribution in [0.1, 0.15) is 310 Å². The van der Waals surface area contributed by atoms with E-state index in [0.717, 1.165) is 58.3 Å². The molecule has 100 heavy (non-hydrogen) atoms. The average Bonchev–Trinajstić information content (AvgIpc) is 0.753. The molecule has 3 rings (SSSR count). The number of aliphatic carboxylic acids is 1. The number of carboxylic acids is 1. The van der Waals surface area contributed by atoms with E-state index in [1.165, 1.54) is 212 Å². The Hall–Kier alpha value is -2.79. The molecular weight excluding hydrogens is 1290 g/mol. The van der Waals surface area contributed by atoms with Crippen LogP contribution in [-0.2, 0) is 42.8 Å². The number of aliphatic hydroxyl groups is 11. The molecule has 3 fully saturated rings. The van der Waals surface area contributed by atoms with Gasteiger partial charge in [0.15, 0.2) is 12.6 Å². The number of amides is 2. The van der Waals surface area contributed by atoms with Crippen molar-refractivity contribution in [3.8, 4) is 0 Å². The van der Waals surface area contributed by atoms with Gasteiger partial charge in [-0.05, 0) is 44.9 Å². The molecule has 0 aromatic heterocycles. The maximum absolute atomic E-state index is 13.5. The Labute approximate surface area is 600 Å². The number of allylic oxidation sites excluding steroid dienone is 3. The average molecular weight is 1430 g/mol. The molecule has 0 aromatic carbocycles. The fourth-order valence-electron chi connectivity index (χ4n) is 13.8. The van der Waals surface area contributed by atoms with E-state index in [9.17, 15) is 75.7 Å². The Bertz CT molecular complexity index is 2100. The lowest BCUT2D eigenvalue weighted by atomic mass is 9.88. The minimum absolute atomic E-state index is 0.200. The molecule has 18 unspecified atom stereocenters. The van der Waals surface area contributed by atoms with Gasteiger partial charge in [-0.3, -0.25) is 9.59 Å². The van der Waals surface area contributed by atoms with Crippen LogP contribution in [0.15, 0.2) is 24.3 Å². The summed E-state index contributed by atoms with van der Waals surface area (Å²) in [6.07, 6.45) is 32.1. The topological polar surface area (TPSA) is 373 Å². The van der Waals surface area contributed by atoms with Gasteiger partial charge in [0.1, 0.15) is 67.1 Å². The standard InChI is InChI=1S/C77H142N2O21/c1-4-6-8-10-12-14-16-18-20-22-24-26-27-28-29-30-31-33-35-37-39-41-43-45-47-49-51-64(87)79-58(59(84)50-48-46-44-42-40-38-36-34-32-25-23-21-19-17-15-13-11-9-7-5-2)56-95-74-69(91)68(90)71(63(55-82)97-74)98-75-70(92)73(67(89)62(54-81)96-75)100-77(76(93)94)52-60(85)65(78-57(3)83)72(99-77)66(88)61(86)53-80/h28-29,48,50,58-63,65-75,80-82,84-86,88-92H,4-27,30-47,49,51-56H2,1-3H3,(H,78,83)(H,79,87)(H,93,94)/b29-28-,50-48+. The molecule has 2 amide bonds. The first-order valence-corrected chi connectivity index (χ1v) is 39.7. The third-order valence-electron chi connectivity index (χ3n) is 20.1. The number of unbranched alkanes of at least 4 members (excludes halogenated alkanes) is 40. The summed E-state index contributed by atoms with van der Waals surface area (Å²) in [4.78, 5) is 38.7. The van der Waals surface area contributed by atoms with Crippen molar-refractivity contribution in [3.05, 3.63) is 24.3 Å². The highest BCUT2D eigenvalue weighted by Crippen LogP contribution is 2.39. The Morgan fingerprint density at radius 2 is 0.940 bits per heavy atom. The maximum Gasteiger partial charge on any atom is 0.364 e. The minimum Gasteiger partial charge on any atom is -0.477 e. The molecule has 586 valence electrons. The highest BCUT2D eigenvalue weighted by Gasteiger charge is 2.60. The van der Waals surface area contributed by atoms with Crippen LogP contribution < -0.4 is 10.6 Å². The van der Waals surface area contributed by atoms with Gasteiger partial charge in [0.05, 0.1) is 50.7 Å². The number of carbonyl (C=O) groups is 3. The predicted molar refractivity (Wildman–Crippen MR) is 385 cm³/mol. The van der Waals surface area contributed by atoms with E-state index in [0.29, 0.717) is 12.8 Å². The number of nitrogens with one attached hydrogen (secondary N) is 2. The van der Waals surface area contributed by atoms with Crippen molar-refractivity contribution in [1.29, 1.82) is 0 Å². The first kappa shape index (κ1) is 91.4. The molecule has 18 atom stereocenters. The molecule has 0 bridgehead atoms. The van der Waals surface area contributed by atoms with Crippen LogP contribution in [0.25, 0.3) is 0 Å². The van der Waals surface area contributed by atoms with Gasteiger partial charge in [-0.15, -0.1) is 0 Å². The lowest BCUT2D eigenvalue weighted by Crippen LogP contribution is -2.70. The third kappa shape index (κ3) is 37.0. The molecule has 0 saturated carbocycles. The summed E-state index contributed by atoms with van der Waals surface area (Å²) in [5, 5.41) is 136. The number of aliphatic hydroxyl groups excluding tert-OH is 11. The SMILES string of the molecule is CCCCCCCCCCCCCC/C=C\CCCCCCCCCCCCC(=O)NC(COC1OC(CO)C(OC2OC(CO)C(O)C(OC3(C(=O)O)CC(O)C(NC(C)=O)C(C(O)C(O)CO)O3)C2O)C(O)C1O)C(O)/C=C/CCCCCCCCCCCCCCCCCCCC. The van der Waals surface area contributed by atoms with Gasteiger partial charge in [-0.25, -0.2) is 4.79 Å². The number of ether oxygens (including phenoxy) is 6. The van der Waals surface area contributed by atoms with E-state index in [-0.39, 0.29) is 12.3 Å². The van der Waals surface area contributed by atoms with Gasteiger partial charge in [-0.1, -0.05) is 269 Å². The number of carboxylic acid groups (broad SMARTS) is 1. The summed E-state index contributed by atoms with van der Waals surface area (Å²) < 4.78 is 34.9. The van der Waals surface area contributed by atoms with E-state index in [1.54, 1.807) is 6.08 Å². The van der Waals surface area contributed by atoms with Crippen LogP contribution in [0.3, 0.4) is 0 Å². The summed E-state index contributed by atoms with van der Waals surface area (Å²) in [5.74, 6) is -6.14. The molecule has 3 heterocycles. The van der Waals surface area contributed by atoms with Gasteiger partial charge >= 0.3 is 5.97 Å². The second-order valence-corrected chi connectivity index (χ2v) is 28.9. The van der Waals surface area contributed by atoms with Crippen molar-refractivity contribution in [1.82, 2.24) is 10.6 Å². The van der Waals surface area contributed by atoms with Crippen LogP contribution in [0.2, 0.25) is 0 Å². The Balaban J connectivity index is 1.53. The molecule has 3 saturated heterocycles. The maximum atomic E-state index is 13.5. The smallest absolute Gasteiger partial charge is 0.364 e. The van der Waals surface area contributed by atoms with Gasteiger partial charge in [0.25, 0.3) is 5.79 Å². The number of rotatable bonds is 62. The van der Waals surface area contributed by atoms with Gasteiger partial charge in [0.2, 0.25) is 11.8 Å². The van der Waals surface area contributed by atoms with Gasteiger partial charge in [0, 0.05) is 19.8 Å². The van der Waals surface area contributed by atoms with Gasteiger partial charge in [-0.2, -0.15) is 0 Å². The fraction of sp³-hybridized carbons (Fsp3) is 0.909. The summed E-state index contributed by atoms with van der Waals surface area (Å²) in [5.41, 5.74) is 0. The number of carbonyl (C=O) groups excluding carboxylic acids is 2. The summed E-state index contributed by atoms with van der Waals surface area (Å²) in [6.45, 7) is 2.18. The third-order valence-corrected chi connectivity index (χ3v) is 20.1. The van der Waals surface area contributed by atoms with Crippen molar-refractivity contribution < 1.29 is 104 Å². The second-order valence-electron chi connectivity index (χ2n) is 28.9. The van der Waals surface area contributed by atoms with Crippen molar-refractivity contribution >= 4 is 17.8 Å². The lowest BCUT2D eigenvalue weighted by Gasteiger charge is -2.50. The first-order valence-electron chi connectivity index (χ1n) is 39.7. The van der Waals surface area contributed by atoms with Gasteiger partial charge < -0.3 is 100 Å². The number of hydrogen-bond donors (Lipinski definition) is 14. The Kier molecular flexibility index (Phi) is 51.7. The molecule has 3 aliphatic rings. The Morgan fingerprint density at radius 3 is 1.36 bits per heavy atom. The molecule has 14 N–H and O–H groups in total. The van der Waals surface area contributed by atoms with E-state index >= 15 is 0 Å². The highest BCUT2D eigenvalue weighted by molar-refractivity contribution is 5.77. The van der Waals surface area contributed by atoms with Crippen molar-refractivity contribution in [3.63, 3.8) is 0 Å². The largest absolute Gasteiger partial charge is 0.477 e. The molecule has 0 aliphatic carbocycles. The molecule has 0 radical (unpaired) electrons. The van der Waals surface area contributed by atoms with Crippen molar-refractivity contribution in [2.75, 3.05) is 26.4 Å². The second kappa shape index (κ2) is 56.5. The van der Waals surface area contributed by atoms with Crippen LogP contribution in [0, 0.1) is 0 Å². The minimum atomic E-state index is -3.08. The van der Waals surface area contributed by atoms with Crippen LogP contribution in [-0.4, -0.2) is 215 Å². The number of hydrogen-bond acceptors (Lipinski definition) is 20. The normalized spacial score (nSPS) is 27.0. The molecular formula is C77H142N2O21. The molecule has 3 aliphatic heterocycles. The van der Waals surface area contributed by atoms with Crippen LogP contribution in [0.5, 0.6) is 0 Å². The van der Waals surface area contributed by atoms with Crippen LogP contribution in [0.4, 0.5) is 0 Å². The van der Waals surface area contributed by atoms with Crippen LogP contribution >= 0.6 is 0 Å². The molecule has 23 nitrogen and oxygen atoms in total. The van der Waals surface area contributed by atoms with E-state index in [1.807, 2.05) is 6.08 Å². The first-order chi connectivity index (χ1) is 48.4. The van der Waals surface area contributed by atoms with E-state index in [4.69, 9.17) is 28.4 Å². The Morgan fingerprint density at radius 1 is 0.520 bits per heavy atom. The van der Waals surface area contributed by atoms with E-state index in [2.05, 4.69) is 36.6 Å². The highest BCUT2D eigenvalue weighted by atomic mass is 16.8. The van der Waals surface area contributed by atoms with E-state index < -0.39 is 155 Å². The van der Waals surface area contributed by atoms with Crippen molar-refractivity contribution in [2.24, 2.45) is 0 Å². The monoisotopic (exact) mass is 1430 g/mol. The summed E-state index contributed by atoms with van der Waals surface area (Å²) in [7, 11) is 0. The lowest BCUT2D eigenvalue weighted by molar-refractivity contribution is -0.386. The zero-order chi connectivity index (χ0) is 73.2. The zero-order valence-corrected chi connectivity index (χ0v) is 61.8. The van der Waals surface area contributed by atoms with Crippen molar-refractivity contribution in [2.45, 2.75) is 420 Å². The zero-order valence-electron chi connectivity index (χ0n) is 61.8. The molecule has 0 spiro atoms. The fourth-order valence-corrected chi connectivity index (χ4v) is 13.8.